The van der Waals surface area contributed by atoms with Crippen molar-refractivity contribution in [3.63, 3.8) is 0 Å². The average molecular weight is 445 g/mol. The number of alkyl halides is 3. The van der Waals surface area contributed by atoms with Crippen molar-refractivity contribution in [2.75, 3.05) is 12.0 Å². The molecule has 1 atom stereocenters. The molecule has 0 bridgehead atoms. The Hall–Kier alpha value is -2.96. The first-order valence-corrected chi connectivity index (χ1v) is 9.94. The number of amides is 2. The van der Waals surface area contributed by atoms with Crippen LogP contribution in [0.5, 0.6) is 0 Å². The zero-order valence-electron chi connectivity index (χ0n) is 17.1. The lowest BCUT2D eigenvalue weighted by Crippen LogP contribution is -2.40. The third-order valence-electron chi connectivity index (χ3n) is 4.57. The summed E-state index contributed by atoms with van der Waals surface area (Å²) >= 11 is 0. The number of nitrogens with one attached hydrogen (secondary N) is 2. The molecule has 0 fully saturated rings. The molecule has 13 heteroatoms. The standard InChI is InChI=1S/C18H26F3N7O3/c1-2-3-4-6-13(10-28(31)12-29)16(30)25-26-17-22-9-14-15(24-17)27(11-23-14)8-5-7-18(19,20)21/h9,11-13,31H,2-8,10H2,1H3,(H,25,30)(H,22,24,26)/t13-/m1/s1. The number of rotatable bonds is 13. The second kappa shape index (κ2) is 11.4. The van der Waals surface area contributed by atoms with Crippen molar-refractivity contribution in [2.45, 2.75) is 58.2 Å². The number of fused-ring (bicyclic) bond motifs is 1. The molecule has 31 heavy (non-hydrogen) atoms. The summed E-state index contributed by atoms with van der Waals surface area (Å²) in [6.07, 6.45) is 0.811. The van der Waals surface area contributed by atoms with E-state index in [-0.39, 0.29) is 31.9 Å². The highest BCUT2D eigenvalue weighted by Gasteiger charge is 2.26. The maximum atomic E-state index is 12.5. The Morgan fingerprint density at radius 2 is 2.10 bits per heavy atom. The second-order valence-electron chi connectivity index (χ2n) is 7.09. The molecule has 0 spiro atoms. The van der Waals surface area contributed by atoms with Gasteiger partial charge in [0, 0.05) is 13.0 Å². The molecule has 0 aliphatic heterocycles. The summed E-state index contributed by atoms with van der Waals surface area (Å²) in [6.45, 7) is 1.94. The molecule has 10 nitrogen and oxygen atoms in total. The van der Waals surface area contributed by atoms with E-state index in [9.17, 15) is 28.0 Å². The minimum absolute atomic E-state index is 0.0296. The van der Waals surface area contributed by atoms with Gasteiger partial charge in [-0.3, -0.25) is 25.6 Å². The number of anilines is 1. The van der Waals surface area contributed by atoms with Crippen LogP contribution in [0.3, 0.4) is 0 Å². The Labute approximate surface area is 176 Å². The molecule has 2 heterocycles. The highest BCUT2D eigenvalue weighted by Crippen LogP contribution is 2.22. The van der Waals surface area contributed by atoms with Crippen LogP contribution in [0.25, 0.3) is 11.2 Å². The summed E-state index contributed by atoms with van der Waals surface area (Å²) in [5.41, 5.74) is 5.75. The van der Waals surface area contributed by atoms with Crippen LogP contribution >= 0.6 is 0 Å². The molecular weight excluding hydrogens is 419 g/mol. The number of halogens is 3. The van der Waals surface area contributed by atoms with Gasteiger partial charge in [-0.2, -0.15) is 18.2 Å². The number of hydrogen-bond donors (Lipinski definition) is 3. The van der Waals surface area contributed by atoms with Crippen molar-refractivity contribution in [1.29, 1.82) is 0 Å². The van der Waals surface area contributed by atoms with Crippen LogP contribution in [0, 0.1) is 5.92 Å². The Balaban J connectivity index is 2.00. The Kier molecular flexibility index (Phi) is 8.97. The van der Waals surface area contributed by atoms with Crippen molar-refractivity contribution in [3.05, 3.63) is 12.5 Å². The lowest BCUT2D eigenvalue weighted by Gasteiger charge is -2.19. The van der Waals surface area contributed by atoms with E-state index in [1.54, 1.807) is 0 Å². The third-order valence-corrected chi connectivity index (χ3v) is 4.57. The molecule has 2 aromatic heterocycles. The van der Waals surface area contributed by atoms with Crippen molar-refractivity contribution in [1.82, 2.24) is 30.0 Å². The van der Waals surface area contributed by atoms with Gasteiger partial charge in [-0.05, 0) is 12.8 Å². The molecule has 2 aromatic rings. The fourth-order valence-electron chi connectivity index (χ4n) is 2.96. The van der Waals surface area contributed by atoms with Gasteiger partial charge in [0.25, 0.3) is 0 Å². The Morgan fingerprint density at radius 1 is 1.32 bits per heavy atom. The van der Waals surface area contributed by atoms with Crippen LogP contribution in [0.1, 0.15) is 45.4 Å². The first kappa shape index (κ1) is 24.3. The van der Waals surface area contributed by atoms with E-state index < -0.39 is 24.4 Å². The number of aryl methyl sites for hydroxylation is 1. The van der Waals surface area contributed by atoms with E-state index in [0.29, 0.717) is 22.6 Å². The van der Waals surface area contributed by atoms with Crippen LogP contribution in [-0.4, -0.2) is 54.8 Å². The van der Waals surface area contributed by atoms with Crippen LogP contribution in [0.4, 0.5) is 19.1 Å². The fraction of sp³-hybridized carbons (Fsp3) is 0.611. The smallest absolute Gasteiger partial charge is 0.315 e. The van der Waals surface area contributed by atoms with Gasteiger partial charge in [-0.25, -0.2) is 15.0 Å². The van der Waals surface area contributed by atoms with Crippen LogP contribution < -0.4 is 10.9 Å². The van der Waals surface area contributed by atoms with Gasteiger partial charge in [0.05, 0.1) is 25.0 Å². The topological polar surface area (TPSA) is 125 Å². The van der Waals surface area contributed by atoms with E-state index in [2.05, 4.69) is 25.8 Å². The van der Waals surface area contributed by atoms with Crippen molar-refractivity contribution >= 4 is 29.4 Å². The summed E-state index contributed by atoms with van der Waals surface area (Å²) in [6, 6.07) is 0. The van der Waals surface area contributed by atoms with Gasteiger partial charge in [0.15, 0.2) is 5.65 Å². The molecule has 0 unspecified atom stereocenters. The molecule has 2 rings (SSSR count). The largest absolute Gasteiger partial charge is 0.389 e. The Bertz CT molecular complexity index is 860. The summed E-state index contributed by atoms with van der Waals surface area (Å²) in [5, 5.41) is 9.84. The number of hydroxylamine groups is 2. The summed E-state index contributed by atoms with van der Waals surface area (Å²) in [4.78, 5) is 35.4. The highest BCUT2D eigenvalue weighted by atomic mass is 19.4. The third kappa shape index (κ3) is 8.00. The molecular formula is C18H26F3N7O3. The molecule has 0 radical (unpaired) electrons. The van der Waals surface area contributed by atoms with Crippen molar-refractivity contribution in [3.8, 4) is 0 Å². The van der Waals surface area contributed by atoms with Crippen LogP contribution in [-0.2, 0) is 16.1 Å². The minimum atomic E-state index is -4.23. The predicted octanol–water partition coefficient (Wildman–Crippen LogP) is 2.66. The van der Waals surface area contributed by atoms with Gasteiger partial charge in [0.2, 0.25) is 18.3 Å². The molecule has 3 N–H and O–H groups in total. The maximum Gasteiger partial charge on any atom is 0.389 e. The number of carbonyl (C=O) groups is 2. The van der Waals surface area contributed by atoms with Gasteiger partial charge in [-0.1, -0.05) is 26.2 Å². The zero-order chi connectivity index (χ0) is 22.9. The highest BCUT2D eigenvalue weighted by molar-refractivity contribution is 5.80. The lowest BCUT2D eigenvalue weighted by atomic mass is 10.0. The summed E-state index contributed by atoms with van der Waals surface area (Å²) < 4.78 is 38.6. The van der Waals surface area contributed by atoms with Crippen molar-refractivity contribution in [2.24, 2.45) is 5.92 Å². The maximum absolute atomic E-state index is 12.5. The van der Waals surface area contributed by atoms with Gasteiger partial charge >= 0.3 is 6.18 Å². The molecule has 0 saturated heterocycles. The number of unbranched alkanes of at least 4 members (excludes halogenated alkanes) is 2. The van der Waals surface area contributed by atoms with E-state index in [1.165, 1.54) is 17.1 Å². The molecule has 0 saturated carbocycles. The normalized spacial score (nSPS) is 12.5. The van der Waals surface area contributed by atoms with Gasteiger partial charge in [0.1, 0.15) is 5.52 Å². The first-order chi connectivity index (χ1) is 14.7. The van der Waals surface area contributed by atoms with E-state index in [1.807, 2.05) is 6.92 Å². The fourth-order valence-corrected chi connectivity index (χ4v) is 2.96. The SMILES string of the molecule is CCCCC[C@H](CN(O)C=O)C(=O)NNc1ncc2ncn(CCCC(F)(F)F)c2n1. The predicted molar refractivity (Wildman–Crippen MR) is 105 cm³/mol. The van der Waals surface area contributed by atoms with Crippen molar-refractivity contribution < 1.29 is 28.0 Å². The molecule has 0 aromatic carbocycles. The minimum Gasteiger partial charge on any atom is -0.315 e. The van der Waals surface area contributed by atoms with Gasteiger partial charge < -0.3 is 4.57 Å². The van der Waals surface area contributed by atoms with Gasteiger partial charge in [-0.15, -0.1) is 0 Å². The number of aromatic nitrogens is 4. The summed E-state index contributed by atoms with van der Waals surface area (Å²) in [5.74, 6) is -1.08. The van der Waals surface area contributed by atoms with E-state index in [4.69, 9.17) is 0 Å². The summed E-state index contributed by atoms with van der Waals surface area (Å²) in [7, 11) is 0. The average Bonchev–Trinajstić information content (AvgIpc) is 3.12. The molecule has 0 aliphatic carbocycles. The zero-order valence-corrected chi connectivity index (χ0v) is 17.1. The number of imidazole rings is 1. The number of nitrogens with zero attached hydrogens (tertiary/aromatic N) is 5. The quantitative estimate of drug-likeness (QED) is 0.187. The number of carbonyl (C=O) groups excluding carboxylic acids is 2. The monoisotopic (exact) mass is 445 g/mol. The first-order valence-electron chi connectivity index (χ1n) is 9.94. The number of hydrogen-bond acceptors (Lipinski definition) is 7. The molecule has 172 valence electrons. The van der Waals surface area contributed by atoms with E-state index in [0.717, 1.165) is 19.3 Å². The van der Waals surface area contributed by atoms with Crippen LogP contribution in [0.2, 0.25) is 0 Å². The second-order valence-corrected chi connectivity index (χ2v) is 7.09. The molecule has 2 amide bonds. The van der Waals surface area contributed by atoms with E-state index >= 15 is 0 Å². The number of hydrazine groups is 1. The Morgan fingerprint density at radius 3 is 2.77 bits per heavy atom. The lowest BCUT2D eigenvalue weighted by molar-refractivity contribution is -0.154. The van der Waals surface area contributed by atoms with Crippen LogP contribution in [0.15, 0.2) is 12.5 Å². The molecule has 0 aliphatic rings.